The number of carbonyl (C=O) groups is 2. The molecule has 0 fully saturated rings. The predicted octanol–water partition coefficient (Wildman–Crippen LogP) is 3.58. The van der Waals surface area contributed by atoms with Crippen molar-refractivity contribution in [1.82, 2.24) is 0 Å². The fourth-order valence-corrected chi connectivity index (χ4v) is 1.88. The van der Waals surface area contributed by atoms with Gasteiger partial charge in [0.05, 0.1) is 0 Å². The molecule has 2 aromatic carbocycles. The van der Waals surface area contributed by atoms with Crippen molar-refractivity contribution in [2.75, 3.05) is 5.32 Å². The van der Waals surface area contributed by atoms with Crippen molar-refractivity contribution >= 4 is 23.6 Å². The van der Waals surface area contributed by atoms with Crippen LogP contribution in [-0.2, 0) is 14.3 Å². The summed E-state index contributed by atoms with van der Waals surface area (Å²) in [5, 5.41) is 2.71. The first kappa shape index (κ1) is 16.5. The first-order valence-electron chi connectivity index (χ1n) is 7.36. The molecule has 23 heavy (non-hydrogen) atoms. The Morgan fingerprint density at radius 2 is 1.70 bits per heavy atom. The van der Waals surface area contributed by atoms with Gasteiger partial charge in [0.15, 0.2) is 6.10 Å². The van der Waals surface area contributed by atoms with Crippen LogP contribution in [0.1, 0.15) is 18.1 Å². The van der Waals surface area contributed by atoms with E-state index in [0.717, 1.165) is 11.1 Å². The first-order valence-corrected chi connectivity index (χ1v) is 7.36. The first-order chi connectivity index (χ1) is 11.0. The standard InChI is InChI=1S/C19H19NO3/c1-14-8-11-17(12-9-14)20-19(22)15(2)23-18(21)13-10-16-6-4-3-5-7-16/h3-13,15H,1-2H3,(H,20,22)/b13-10+/t15-/m1/s1. The molecule has 1 N–H and O–H groups in total. The average Bonchev–Trinajstić information content (AvgIpc) is 2.56. The lowest BCUT2D eigenvalue weighted by Crippen LogP contribution is -2.29. The second kappa shape index (κ2) is 7.94. The minimum atomic E-state index is -0.871. The normalized spacial score (nSPS) is 11.9. The van der Waals surface area contributed by atoms with Crippen LogP contribution >= 0.6 is 0 Å². The Hall–Kier alpha value is -2.88. The third kappa shape index (κ3) is 5.43. The average molecular weight is 309 g/mol. The van der Waals surface area contributed by atoms with E-state index in [2.05, 4.69) is 5.32 Å². The Kier molecular flexibility index (Phi) is 5.69. The number of aryl methyl sites for hydroxylation is 1. The largest absolute Gasteiger partial charge is 0.449 e. The molecule has 0 saturated carbocycles. The number of amides is 1. The van der Waals surface area contributed by atoms with E-state index in [1.165, 1.54) is 13.0 Å². The van der Waals surface area contributed by atoms with Crippen LogP contribution in [0.25, 0.3) is 6.08 Å². The SMILES string of the molecule is Cc1ccc(NC(=O)[C@@H](C)OC(=O)/C=C/c2ccccc2)cc1. The molecule has 0 spiro atoms. The summed E-state index contributed by atoms with van der Waals surface area (Å²) in [4.78, 5) is 23.7. The number of carbonyl (C=O) groups excluding carboxylic acids is 2. The zero-order valence-corrected chi connectivity index (χ0v) is 13.2. The second-order valence-electron chi connectivity index (χ2n) is 5.18. The van der Waals surface area contributed by atoms with Crippen LogP contribution in [-0.4, -0.2) is 18.0 Å². The van der Waals surface area contributed by atoms with Gasteiger partial charge in [0.1, 0.15) is 0 Å². The van der Waals surface area contributed by atoms with Crippen molar-refractivity contribution in [2.45, 2.75) is 20.0 Å². The van der Waals surface area contributed by atoms with Gasteiger partial charge in [-0.1, -0.05) is 48.0 Å². The summed E-state index contributed by atoms with van der Waals surface area (Å²) in [6.45, 7) is 3.51. The van der Waals surface area contributed by atoms with Crippen LogP contribution in [0.5, 0.6) is 0 Å². The van der Waals surface area contributed by atoms with Gasteiger partial charge in [-0.05, 0) is 37.6 Å². The minimum absolute atomic E-state index is 0.365. The number of anilines is 1. The maximum atomic E-state index is 12.0. The van der Waals surface area contributed by atoms with Crippen LogP contribution in [0.4, 0.5) is 5.69 Å². The molecule has 0 aromatic heterocycles. The summed E-state index contributed by atoms with van der Waals surface area (Å²) in [5.74, 6) is -0.921. The van der Waals surface area contributed by atoms with E-state index in [1.54, 1.807) is 18.2 Å². The number of nitrogens with one attached hydrogen (secondary N) is 1. The molecule has 4 nitrogen and oxygen atoms in total. The van der Waals surface area contributed by atoms with Gasteiger partial charge in [0.2, 0.25) is 0 Å². The molecule has 1 atom stereocenters. The van der Waals surface area contributed by atoms with Crippen LogP contribution in [0, 0.1) is 6.92 Å². The highest BCUT2D eigenvalue weighted by molar-refractivity contribution is 5.96. The Bertz CT molecular complexity index is 690. The van der Waals surface area contributed by atoms with Crippen molar-refractivity contribution < 1.29 is 14.3 Å². The topological polar surface area (TPSA) is 55.4 Å². The maximum absolute atomic E-state index is 12.0. The highest BCUT2D eigenvalue weighted by Gasteiger charge is 2.16. The zero-order valence-electron chi connectivity index (χ0n) is 13.2. The molecule has 2 rings (SSSR count). The highest BCUT2D eigenvalue weighted by Crippen LogP contribution is 2.10. The second-order valence-corrected chi connectivity index (χ2v) is 5.18. The summed E-state index contributed by atoms with van der Waals surface area (Å²) in [5.41, 5.74) is 2.66. The quantitative estimate of drug-likeness (QED) is 0.678. The molecule has 0 aliphatic carbocycles. The lowest BCUT2D eigenvalue weighted by molar-refractivity contribution is -0.148. The third-order valence-electron chi connectivity index (χ3n) is 3.19. The molecule has 0 radical (unpaired) electrons. The van der Waals surface area contributed by atoms with E-state index in [0.29, 0.717) is 5.69 Å². The smallest absolute Gasteiger partial charge is 0.331 e. The molecule has 0 heterocycles. The molecule has 118 valence electrons. The molecular formula is C19H19NO3. The molecule has 4 heteroatoms. The van der Waals surface area contributed by atoms with Crippen molar-refractivity contribution in [2.24, 2.45) is 0 Å². The Morgan fingerprint density at radius 3 is 2.35 bits per heavy atom. The Labute approximate surface area is 135 Å². The van der Waals surface area contributed by atoms with Crippen molar-refractivity contribution in [3.63, 3.8) is 0 Å². The summed E-state index contributed by atoms with van der Waals surface area (Å²) in [6.07, 6.45) is 2.09. The summed E-state index contributed by atoms with van der Waals surface area (Å²) in [6, 6.07) is 16.8. The number of hydrogen-bond acceptors (Lipinski definition) is 3. The van der Waals surface area contributed by atoms with Crippen molar-refractivity contribution in [3.8, 4) is 0 Å². The number of esters is 1. The van der Waals surface area contributed by atoms with E-state index < -0.39 is 12.1 Å². The van der Waals surface area contributed by atoms with Gasteiger partial charge < -0.3 is 10.1 Å². The van der Waals surface area contributed by atoms with E-state index in [9.17, 15) is 9.59 Å². The monoisotopic (exact) mass is 309 g/mol. The predicted molar refractivity (Wildman–Crippen MR) is 90.8 cm³/mol. The van der Waals surface area contributed by atoms with Crippen LogP contribution in [0.3, 0.4) is 0 Å². The van der Waals surface area contributed by atoms with Crippen LogP contribution in [0.2, 0.25) is 0 Å². The lowest BCUT2D eigenvalue weighted by Gasteiger charge is -2.12. The molecule has 0 aliphatic heterocycles. The fraction of sp³-hybridized carbons (Fsp3) is 0.158. The summed E-state index contributed by atoms with van der Waals surface area (Å²) in [7, 11) is 0. The Balaban J connectivity index is 1.86. The van der Waals surface area contributed by atoms with E-state index in [1.807, 2.05) is 49.4 Å². The summed E-state index contributed by atoms with van der Waals surface area (Å²) >= 11 is 0. The highest BCUT2D eigenvalue weighted by atomic mass is 16.5. The zero-order chi connectivity index (χ0) is 16.7. The van der Waals surface area contributed by atoms with Gasteiger partial charge in [-0.25, -0.2) is 4.79 Å². The molecular weight excluding hydrogens is 290 g/mol. The van der Waals surface area contributed by atoms with Gasteiger partial charge in [0, 0.05) is 11.8 Å². The maximum Gasteiger partial charge on any atom is 0.331 e. The van der Waals surface area contributed by atoms with E-state index in [4.69, 9.17) is 4.74 Å². The summed E-state index contributed by atoms with van der Waals surface area (Å²) < 4.78 is 5.09. The van der Waals surface area contributed by atoms with Crippen LogP contribution in [0.15, 0.2) is 60.7 Å². The van der Waals surface area contributed by atoms with Crippen LogP contribution < -0.4 is 5.32 Å². The minimum Gasteiger partial charge on any atom is -0.449 e. The molecule has 0 saturated heterocycles. The fourth-order valence-electron chi connectivity index (χ4n) is 1.88. The molecule has 0 unspecified atom stereocenters. The molecule has 2 aromatic rings. The van der Waals surface area contributed by atoms with Gasteiger partial charge in [-0.2, -0.15) is 0 Å². The Morgan fingerprint density at radius 1 is 1.04 bits per heavy atom. The van der Waals surface area contributed by atoms with Gasteiger partial charge in [-0.15, -0.1) is 0 Å². The van der Waals surface area contributed by atoms with Crippen molar-refractivity contribution in [3.05, 3.63) is 71.8 Å². The van der Waals surface area contributed by atoms with Gasteiger partial charge in [-0.3, -0.25) is 4.79 Å². The number of ether oxygens (including phenoxy) is 1. The molecule has 0 bridgehead atoms. The number of hydrogen-bond donors (Lipinski definition) is 1. The number of rotatable bonds is 5. The van der Waals surface area contributed by atoms with E-state index >= 15 is 0 Å². The van der Waals surface area contributed by atoms with Crippen molar-refractivity contribution in [1.29, 1.82) is 0 Å². The lowest BCUT2D eigenvalue weighted by atomic mass is 10.2. The number of benzene rings is 2. The van der Waals surface area contributed by atoms with Gasteiger partial charge in [0.25, 0.3) is 5.91 Å². The van der Waals surface area contributed by atoms with E-state index in [-0.39, 0.29) is 5.91 Å². The molecule has 1 amide bonds. The third-order valence-corrected chi connectivity index (χ3v) is 3.19. The van der Waals surface area contributed by atoms with Gasteiger partial charge >= 0.3 is 5.97 Å². The molecule has 0 aliphatic rings.